The minimum Gasteiger partial charge on any atom is -0.463 e. The van der Waals surface area contributed by atoms with E-state index in [1.54, 1.807) is 0 Å². The Bertz CT molecular complexity index is 235. The largest absolute Gasteiger partial charge is 0.463 e. The topological polar surface area (TPSA) is 56.8 Å². The predicted octanol–water partition coefficient (Wildman–Crippen LogP) is 0.971. The second kappa shape index (κ2) is 9.30. The molecule has 2 unspecified atom stereocenters. The van der Waals surface area contributed by atoms with Gasteiger partial charge in [0.15, 0.2) is 0 Å². The number of carbonyl (C=O) groups excluding carboxylic acids is 1. The smallest absolute Gasteiger partial charge is 0.313 e. The highest BCUT2D eigenvalue weighted by Gasteiger charge is 2.34. The summed E-state index contributed by atoms with van der Waals surface area (Å²) in [5, 5.41) is 3.32. The van der Waals surface area contributed by atoms with Crippen LogP contribution in [-0.2, 0) is 19.0 Å². The molecule has 18 heavy (non-hydrogen) atoms. The maximum atomic E-state index is 11.9. The lowest BCUT2D eigenvalue weighted by Gasteiger charge is -2.17. The minimum absolute atomic E-state index is 0.0917. The summed E-state index contributed by atoms with van der Waals surface area (Å²) in [6, 6.07) is 0.0917. The average molecular weight is 259 g/mol. The molecule has 5 nitrogen and oxygen atoms in total. The molecule has 1 saturated heterocycles. The first kappa shape index (κ1) is 15.4. The molecule has 106 valence electrons. The first-order valence-corrected chi connectivity index (χ1v) is 6.85. The molecule has 5 heteroatoms. The zero-order valence-corrected chi connectivity index (χ0v) is 11.4. The third-order valence-corrected chi connectivity index (χ3v) is 2.86. The van der Waals surface area contributed by atoms with Gasteiger partial charge in [-0.3, -0.25) is 4.79 Å². The van der Waals surface area contributed by atoms with E-state index in [-0.39, 0.29) is 17.9 Å². The van der Waals surface area contributed by atoms with Crippen molar-refractivity contribution in [1.82, 2.24) is 5.32 Å². The molecule has 1 rings (SSSR count). The number of nitrogens with one attached hydrogen (secondary N) is 1. The summed E-state index contributed by atoms with van der Waals surface area (Å²) in [6.45, 7) is 7.60. The van der Waals surface area contributed by atoms with Crippen molar-refractivity contribution in [3.05, 3.63) is 0 Å². The molecule has 0 aromatic rings. The van der Waals surface area contributed by atoms with Gasteiger partial charge in [-0.2, -0.15) is 0 Å². The normalized spacial score (nSPS) is 23.2. The van der Waals surface area contributed by atoms with Gasteiger partial charge in [0.25, 0.3) is 0 Å². The summed E-state index contributed by atoms with van der Waals surface area (Å²) in [5.41, 5.74) is 0. The molecular formula is C13H25NO4. The van der Waals surface area contributed by atoms with E-state index in [0.717, 1.165) is 19.4 Å². The second-order valence-corrected chi connectivity index (χ2v) is 4.48. The molecule has 1 fully saturated rings. The van der Waals surface area contributed by atoms with Gasteiger partial charge in [0.05, 0.1) is 25.7 Å². The van der Waals surface area contributed by atoms with E-state index in [2.05, 4.69) is 12.2 Å². The summed E-state index contributed by atoms with van der Waals surface area (Å²) in [6.07, 6.45) is 2.02. The summed E-state index contributed by atoms with van der Waals surface area (Å²) < 4.78 is 15.8. The van der Waals surface area contributed by atoms with Gasteiger partial charge in [-0.25, -0.2) is 0 Å². The van der Waals surface area contributed by atoms with Crippen LogP contribution in [0.3, 0.4) is 0 Å². The van der Waals surface area contributed by atoms with Crippen molar-refractivity contribution < 1.29 is 19.0 Å². The van der Waals surface area contributed by atoms with Crippen LogP contribution in [0.2, 0.25) is 0 Å². The minimum atomic E-state index is -0.179. The van der Waals surface area contributed by atoms with E-state index < -0.39 is 0 Å². The van der Waals surface area contributed by atoms with Crippen LogP contribution in [-0.4, -0.2) is 51.6 Å². The van der Waals surface area contributed by atoms with Crippen LogP contribution in [0.15, 0.2) is 0 Å². The molecule has 0 amide bonds. The van der Waals surface area contributed by atoms with Crippen molar-refractivity contribution in [2.45, 2.75) is 32.7 Å². The molecule has 0 aromatic carbocycles. The number of hydrogen-bond donors (Lipinski definition) is 1. The monoisotopic (exact) mass is 259 g/mol. The SMILES string of the molecule is CCCNC1COCC1C(=O)OCCOCCC. The molecule has 1 N–H and O–H groups in total. The van der Waals surface area contributed by atoms with Gasteiger partial charge < -0.3 is 19.5 Å². The van der Waals surface area contributed by atoms with Crippen LogP contribution < -0.4 is 5.32 Å². The molecule has 1 aliphatic heterocycles. The van der Waals surface area contributed by atoms with Crippen LogP contribution in [0.25, 0.3) is 0 Å². The Labute approximate surface area is 109 Å². The molecular weight excluding hydrogens is 234 g/mol. The second-order valence-electron chi connectivity index (χ2n) is 4.48. The van der Waals surface area contributed by atoms with E-state index in [1.807, 2.05) is 6.92 Å². The van der Waals surface area contributed by atoms with Crippen molar-refractivity contribution in [3.8, 4) is 0 Å². The summed E-state index contributed by atoms with van der Waals surface area (Å²) in [7, 11) is 0. The number of esters is 1. The first-order chi connectivity index (χ1) is 8.79. The molecule has 0 saturated carbocycles. The van der Waals surface area contributed by atoms with Gasteiger partial charge in [-0.05, 0) is 19.4 Å². The number of hydrogen-bond acceptors (Lipinski definition) is 5. The van der Waals surface area contributed by atoms with Gasteiger partial charge >= 0.3 is 5.97 Å². The molecule has 0 bridgehead atoms. The van der Waals surface area contributed by atoms with Gasteiger partial charge in [0.2, 0.25) is 0 Å². The van der Waals surface area contributed by atoms with Crippen molar-refractivity contribution >= 4 is 5.97 Å². The number of carbonyl (C=O) groups is 1. The van der Waals surface area contributed by atoms with Gasteiger partial charge in [0.1, 0.15) is 6.61 Å². The van der Waals surface area contributed by atoms with Gasteiger partial charge in [-0.15, -0.1) is 0 Å². The Morgan fingerprint density at radius 1 is 1.22 bits per heavy atom. The van der Waals surface area contributed by atoms with Crippen LogP contribution in [0.1, 0.15) is 26.7 Å². The number of ether oxygens (including phenoxy) is 3. The molecule has 1 aliphatic rings. The summed E-state index contributed by atoms with van der Waals surface area (Å²) in [5.74, 6) is -0.357. The molecule has 0 radical (unpaired) electrons. The van der Waals surface area contributed by atoms with Gasteiger partial charge in [-0.1, -0.05) is 13.8 Å². The number of rotatable bonds is 9. The van der Waals surface area contributed by atoms with E-state index >= 15 is 0 Å². The molecule has 1 heterocycles. The fourth-order valence-electron chi connectivity index (χ4n) is 1.87. The molecule has 0 spiro atoms. The van der Waals surface area contributed by atoms with Crippen LogP contribution in [0.4, 0.5) is 0 Å². The Hall–Kier alpha value is -0.650. The highest BCUT2D eigenvalue weighted by atomic mass is 16.6. The zero-order chi connectivity index (χ0) is 13.2. The lowest BCUT2D eigenvalue weighted by molar-refractivity contribution is -0.150. The average Bonchev–Trinajstić information content (AvgIpc) is 2.84. The standard InChI is InChI=1S/C13H25NO4/c1-3-5-14-12-10-17-9-11(12)13(15)18-8-7-16-6-4-2/h11-12,14H,3-10H2,1-2H3. The van der Waals surface area contributed by atoms with Crippen LogP contribution in [0, 0.1) is 5.92 Å². The Morgan fingerprint density at radius 3 is 2.78 bits per heavy atom. The van der Waals surface area contributed by atoms with Crippen molar-refractivity contribution in [1.29, 1.82) is 0 Å². The van der Waals surface area contributed by atoms with Gasteiger partial charge in [0, 0.05) is 12.6 Å². The van der Waals surface area contributed by atoms with Crippen LogP contribution >= 0.6 is 0 Å². The van der Waals surface area contributed by atoms with E-state index in [4.69, 9.17) is 14.2 Å². The lowest BCUT2D eigenvalue weighted by atomic mass is 10.0. The molecule has 2 atom stereocenters. The van der Waals surface area contributed by atoms with Crippen molar-refractivity contribution in [2.75, 3.05) is 39.6 Å². The van der Waals surface area contributed by atoms with E-state index in [1.165, 1.54) is 0 Å². The zero-order valence-electron chi connectivity index (χ0n) is 11.4. The summed E-state index contributed by atoms with van der Waals surface area (Å²) >= 11 is 0. The van der Waals surface area contributed by atoms with Crippen molar-refractivity contribution in [3.63, 3.8) is 0 Å². The Morgan fingerprint density at radius 2 is 2.06 bits per heavy atom. The van der Waals surface area contributed by atoms with Crippen LogP contribution in [0.5, 0.6) is 0 Å². The molecule has 0 aliphatic carbocycles. The predicted molar refractivity (Wildman–Crippen MR) is 68.5 cm³/mol. The Kier molecular flexibility index (Phi) is 7.96. The summed E-state index contributed by atoms with van der Waals surface area (Å²) in [4.78, 5) is 11.9. The third-order valence-electron chi connectivity index (χ3n) is 2.86. The van der Waals surface area contributed by atoms with E-state index in [9.17, 15) is 4.79 Å². The quantitative estimate of drug-likeness (QED) is 0.494. The van der Waals surface area contributed by atoms with E-state index in [0.29, 0.717) is 33.0 Å². The maximum Gasteiger partial charge on any atom is 0.313 e. The third kappa shape index (κ3) is 5.33. The Balaban J connectivity index is 2.18. The highest BCUT2D eigenvalue weighted by molar-refractivity contribution is 5.73. The lowest BCUT2D eigenvalue weighted by Crippen LogP contribution is -2.40. The first-order valence-electron chi connectivity index (χ1n) is 6.85. The molecule has 0 aromatic heterocycles. The fourth-order valence-corrected chi connectivity index (χ4v) is 1.87. The van der Waals surface area contributed by atoms with Crippen molar-refractivity contribution in [2.24, 2.45) is 5.92 Å². The highest BCUT2D eigenvalue weighted by Crippen LogP contribution is 2.15. The fraction of sp³-hybridized carbons (Fsp3) is 0.923. The maximum absolute atomic E-state index is 11.9.